The number of imidazole rings is 1. The van der Waals surface area contributed by atoms with Gasteiger partial charge in [0.2, 0.25) is 5.95 Å². The van der Waals surface area contributed by atoms with Gasteiger partial charge in [-0.2, -0.15) is 9.97 Å². The molecule has 1 aliphatic heterocycles. The van der Waals surface area contributed by atoms with Crippen LogP contribution in [-0.4, -0.2) is 66.3 Å². The number of hydrogen-bond acceptors (Lipinski definition) is 9. The van der Waals surface area contributed by atoms with Gasteiger partial charge in [-0.25, -0.2) is 4.98 Å². The Kier molecular flexibility index (Phi) is 6.14. The normalized spacial score (nSPS) is 28.2. The SMILES string of the molecule is Nc1nc(NCCCC2CCCCC2)nc2c1ncn2[C@@H]1O[C@H](CO)C(O)C1O. The Hall–Kier alpha value is -2.01. The molecule has 2 aromatic rings. The van der Waals surface area contributed by atoms with Crippen LogP contribution in [0, 0.1) is 5.92 Å². The van der Waals surface area contributed by atoms with Crippen molar-refractivity contribution in [2.45, 2.75) is 69.5 Å². The van der Waals surface area contributed by atoms with Crippen molar-refractivity contribution in [1.82, 2.24) is 19.5 Å². The van der Waals surface area contributed by atoms with Crippen molar-refractivity contribution >= 4 is 22.9 Å². The summed E-state index contributed by atoms with van der Waals surface area (Å²) in [4.78, 5) is 13.0. The van der Waals surface area contributed by atoms with Crippen LogP contribution in [0.4, 0.5) is 11.8 Å². The summed E-state index contributed by atoms with van der Waals surface area (Å²) in [6, 6.07) is 0. The summed E-state index contributed by atoms with van der Waals surface area (Å²) in [7, 11) is 0. The van der Waals surface area contributed by atoms with Crippen LogP contribution in [0.3, 0.4) is 0 Å². The van der Waals surface area contributed by atoms with E-state index in [-0.39, 0.29) is 5.82 Å². The van der Waals surface area contributed by atoms with Crippen LogP contribution in [0.5, 0.6) is 0 Å². The van der Waals surface area contributed by atoms with Crippen LogP contribution >= 0.6 is 0 Å². The van der Waals surface area contributed by atoms with E-state index in [1.807, 2.05) is 0 Å². The molecule has 1 aliphatic carbocycles. The Balaban J connectivity index is 1.45. The summed E-state index contributed by atoms with van der Waals surface area (Å²) in [6.45, 7) is 0.357. The molecular formula is C19H30N6O4. The van der Waals surface area contributed by atoms with Gasteiger partial charge in [-0.05, 0) is 18.8 Å². The number of nitrogen functional groups attached to an aromatic ring is 1. The van der Waals surface area contributed by atoms with E-state index in [1.165, 1.54) is 49.4 Å². The third-order valence-corrected chi connectivity index (χ3v) is 6.04. The molecule has 0 amide bonds. The first-order valence-electron chi connectivity index (χ1n) is 10.4. The molecule has 10 nitrogen and oxygen atoms in total. The minimum atomic E-state index is -1.22. The van der Waals surface area contributed by atoms with E-state index in [2.05, 4.69) is 20.3 Å². The zero-order valence-electron chi connectivity index (χ0n) is 16.4. The number of aliphatic hydroxyl groups is 3. The van der Waals surface area contributed by atoms with Crippen molar-refractivity contribution in [3.63, 3.8) is 0 Å². The highest BCUT2D eigenvalue weighted by Gasteiger charge is 2.44. The molecule has 1 saturated carbocycles. The van der Waals surface area contributed by atoms with E-state index in [1.54, 1.807) is 0 Å². The topological polar surface area (TPSA) is 152 Å². The summed E-state index contributed by atoms with van der Waals surface area (Å²) >= 11 is 0. The van der Waals surface area contributed by atoms with Gasteiger partial charge in [0.05, 0.1) is 12.9 Å². The lowest BCUT2D eigenvalue weighted by Crippen LogP contribution is -2.33. The van der Waals surface area contributed by atoms with E-state index in [9.17, 15) is 15.3 Å². The summed E-state index contributed by atoms with van der Waals surface area (Å²) in [6.07, 6.45) is 6.21. The molecule has 0 aromatic carbocycles. The molecule has 160 valence electrons. The molecule has 10 heteroatoms. The number of anilines is 2. The maximum Gasteiger partial charge on any atom is 0.226 e. The van der Waals surface area contributed by atoms with Crippen molar-refractivity contribution in [1.29, 1.82) is 0 Å². The molecule has 0 bridgehead atoms. The molecule has 4 atom stereocenters. The first kappa shape index (κ1) is 20.3. The van der Waals surface area contributed by atoms with Crippen LogP contribution in [0.25, 0.3) is 11.2 Å². The van der Waals surface area contributed by atoms with Gasteiger partial charge in [-0.15, -0.1) is 0 Å². The maximum atomic E-state index is 10.3. The minimum Gasteiger partial charge on any atom is -0.394 e. The fourth-order valence-corrected chi connectivity index (χ4v) is 4.38. The number of hydrogen-bond donors (Lipinski definition) is 5. The number of nitrogens with two attached hydrogens (primary N) is 1. The Labute approximate surface area is 169 Å². The van der Waals surface area contributed by atoms with E-state index in [0.29, 0.717) is 17.1 Å². The van der Waals surface area contributed by atoms with Crippen molar-refractivity contribution in [2.24, 2.45) is 5.92 Å². The number of nitrogens with zero attached hydrogens (tertiary/aromatic N) is 4. The number of aromatic nitrogens is 4. The van der Waals surface area contributed by atoms with Crippen molar-refractivity contribution in [3.05, 3.63) is 6.33 Å². The fourth-order valence-electron chi connectivity index (χ4n) is 4.38. The largest absolute Gasteiger partial charge is 0.394 e. The molecule has 1 saturated heterocycles. The van der Waals surface area contributed by atoms with E-state index >= 15 is 0 Å². The maximum absolute atomic E-state index is 10.3. The van der Waals surface area contributed by atoms with Gasteiger partial charge >= 0.3 is 0 Å². The van der Waals surface area contributed by atoms with Crippen molar-refractivity contribution in [3.8, 4) is 0 Å². The molecule has 4 rings (SSSR count). The van der Waals surface area contributed by atoms with Crippen LogP contribution in [-0.2, 0) is 4.74 Å². The Morgan fingerprint density at radius 1 is 1.17 bits per heavy atom. The van der Waals surface area contributed by atoms with Crippen LogP contribution in [0.15, 0.2) is 6.33 Å². The lowest BCUT2D eigenvalue weighted by atomic mass is 9.86. The lowest BCUT2D eigenvalue weighted by molar-refractivity contribution is -0.0511. The number of fused-ring (bicyclic) bond motifs is 1. The third kappa shape index (κ3) is 4.16. The highest BCUT2D eigenvalue weighted by Crippen LogP contribution is 2.32. The second-order valence-corrected chi connectivity index (χ2v) is 8.06. The first-order chi connectivity index (χ1) is 14.1. The molecule has 0 radical (unpaired) electrons. The third-order valence-electron chi connectivity index (χ3n) is 6.04. The summed E-state index contributed by atoms with van der Waals surface area (Å²) in [5, 5.41) is 32.9. The molecule has 2 aliphatic rings. The summed E-state index contributed by atoms with van der Waals surface area (Å²) in [5.41, 5.74) is 6.85. The smallest absolute Gasteiger partial charge is 0.226 e. The number of aliphatic hydroxyl groups excluding tert-OH is 3. The van der Waals surface area contributed by atoms with Gasteiger partial charge in [0.25, 0.3) is 0 Å². The van der Waals surface area contributed by atoms with Gasteiger partial charge in [0, 0.05) is 6.54 Å². The van der Waals surface area contributed by atoms with Gasteiger partial charge in [0.1, 0.15) is 23.8 Å². The van der Waals surface area contributed by atoms with E-state index in [0.717, 1.165) is 18.9 Å². The first-order valence-corrected chi connectivity index (χ1v) is 10.4. The van der Waals surface area contributed by atoms with Crippen LogP contribution in [0.1, 0.15) is 51.2 Å². The van der Waals surface area contributed by atoms with Crippen LogP contribution in [0.2, 0.25) is 0 Å². The zero-order valence-corrected chi connectivity index (χ0v) is 16.4. The Morgan fingerprint density at radius 3 is 2.69 bits per heavy atom. The molecule has 0 spiro atoms. The van der Waals surface area contributed by atoms with Gasteiger partial charge < -0.3 is 31.1 Å². The summed E-state index contributed by atoms with van der Waals surface area (Å²) < 4.78 is 7.10. The molecule has 2 fully saturated rings. The number of ether oxygens (including phenoxy) is 1. The molecule has 29 heavy (non-hydrogen) atoms. The highest BCUT2D eigenvalue weighted by molar-refractivity contribution is 5.83. The van der Waals surface area contributed by atoms with Gasteiger partial charge in [-0.1, -0.05) is 32.1 Å². The van der Waals surface area contributed by atoms with Crippen molar-refractivity contribution in [2.75, 3.05) is 24.2 Å². The average molecular weight is 406 g/mol. The second-order valence-electron chi connectivity index (χ2n) is 8.06. The Morgan fingerprint density at radius 2 is 1.97 bits per heavy atom. The predicted octanol–water partition coefficient (Wildman–Crippen LogP) is 0.792. The second kappa shape index (κ2) is 8.78. The van der Waals surface area contributed by atoms with E-state index in [4.69, 9.17) is 10.5 Å². The molecule has 3 heterocycles. The van der Waals surface area contributed by atoms with Crippen LogP contribution < -0.4 is 11.1 Å². The Bertz CT molecular complexity index is 824. The molecular weight excluding hydrogens is 376 g/mol. The molecule has 6 N–H and O–H groups in total. The average Bonchev–Trinajstić information content (AvgIpc) is 3.28. The van der Waals surface area contributed by atoms with Gasteiger partial charge in [0.15, 0.2) is 17.7 Å². The van der Waals surface area contributed by atoms with E-state index < -0.39 is 31.1 Å². The summed E-state index contributed by atoms with van der Waals surface area (Å²) in [5.74, 6) is 1.45. The molecule has 2 aromatic heterocycles. The standard InChI is InChI=1S/C19H30N6O4/c20-16-13-17(25(10-22-13)18-15(28)14(27)12(9-26)29-18)24-19(23-16)21-8-4-7-11-5-2-1-3-6-11/h10-12,14-15,18,26-28H,1-9H2,(H3,20,21,23,24)/t12-,14?,15?,18-/m1/s1. The predicted molar refractivity (Wildman–Crippen MR) is 107 cm³/mol. The monoisotopic (exact) mass is 406 g/mol. The van der Waals surface area contributed by atoms with Crippen molar-refractivity contribution < 1.29 is 20.1 Å². The highest BCUT2D eigenvalue weighted by atomic mass is 16.6. The lowest BCUT2D eigenvalue weighted by Gasteiger charge is -2.21. The minimum absolute atomic E-state index is 0.232. The number of rotatable bonds is 7. The van der Waals surface area contributed by atoms with Gasteiger partial charge in [-0.3, -0.25) is 4.57 Å². The molecule has 2 unspecified atom stereocenters. The zero-order chi connectivity index (χ0) is 20.4. The fraction of sp³-hybridized carbons (Fsp3) is 0.737. The quantitative estimate of drug-likeness (QED) is 0.420. The number of nitrogens with one attached hydrogen (secondary N) is 1.